The minimum absolute atomic E-state index is 0.111. The number of fused-ring (bicyclic) bond motifs is 1. The van der Waals surface area contributed by atoms with Gasteiger partial charge in [0.2, 0.25) is 0 Å². The molecule has 0 saturated carbocycles. The van der Waals surface area contributed by atoms with Crippen LogP contribution in [0.2, 0.25) is 0 Å². The Morgan fingerprint density at radius 2 is 1.58 bits per heavy atom. The highest BCUT2D eigenvalue weighted by atomic mass is 19.1. The fourth-order valence-corrected chi connectivity index (χ4v) is 4.33. The lowest BCUT2D eigenvalue weighted by molar-refractivity contribution is 0.313. The highest BCUT2D eigenvalue weighted by Crippen LogP contribution is 2.25. The molecule has 0 bridgehead atoms. The van der Waals surface area contributed by atoms with Gasteiger partial charge in [-0.25, -0.2) is 4.39 Å². The van der Waals surface area contributed by atoms with Crippen molar-refractivity contribution >= 4 is 28.0 Å². The Morgan fingerprint density at radius 1 is 0.848 bits per heavy atom. The van der Waals surface area contributed by atoms with E-state index in [0.29, 0.717) is 6.54 Å². The fraction of sp³-hybridized carbons (Fsp3) is 0.222. The second kappa shape index (κ2) is 9.08. The number of nitrogens with zero attached hydrogens (tertiary/aromatic N) is 3. The predicted octanol–water partition coefficient (Wildman–Crippen LogP) is 4.68. The lowest BCUT2D eigenvalue weighted by atomic mass is 10.1. The Bertz CT molecular complexity index is 1320. The van der Waals surface area contributed by atoms with Crippen molar-refractivity contribution < 1.29 is 4.39 Å². The molecule has 5 nitrogen and oxygen atoms in total. The molecule has 0 aliphatic carbocycles. The maximum absolute atomic E-state index is 13.7. The van der Waals surface area contributed by atoms with Crippen molar-refractivity contribution in [1.29, 1.82) is 0 Å². The Kier molecular flexibility index (Phi) is 5.84. The standard InChI is InChI=1S/C27H27FN4O/c1-30-13-15-31(16-14-30)25-10-8-23(9-11-25)29-24-7-5-21-6-12-27(33)32(26(21)18-24)19-20-3-2-4-22(28)17-20/h2-12,17-18,29H,13-16,19H2,1H3. The SMILES string of the molecule is CN1CCN(c2ccc(Nc3ccc4ccc(=O)n(Cc5cccc(F)c5)c4c3)cc2)CC1. The molecule has 1 aliphatic rings. The number of benzene rings is 3. The van der Waals surface area contributed by atoms with E-state index in [-0.39, 0.29) is 11.4 Å². The first-order valence-electron chi connectivity index (χ1n) is 11.2. The molecule has 1 fully saturated rings. The Morgan fingerprint density at radius 3 is 2.33 bits per heavy atom. The second-order valence-electron chi connectivity index (χ2n) is 8.62. The Labute approximate surface area is 192 Å². The molecule has 1 N–H and O–H groups in total. The van der Waals surface area contributed by atoms with Crippen LogP contribution in [0.15, 0.2) is 83.7 Å². The molecule has 5 rings (SSSR count). The number of hydrogen-bond donors (Lipinski definition) is 1. The van der Waals surface area contributed by atoms with Crippen LogP contribution in [-0.4, -0.2) is 42.7 Å². The van der Waals surface area contributed by atoms with E-state index in [1.54, 1.807) is 16.7 Å². The summed E-state index contributed by atoms with van der Waals surface area (Å²) in [4.78, 5) is 17.4. The Hall–Kier alpha value is -3.64. The molecule has 3 aromatic carbocycles. The van der Waals surface area contributed by atoms with Gasteiger partial charge in [-0.05, 0) is 72.6 Å². The van der Waals surface area contributed by atoms with Gasteiger partial charge in [-0.15, -0.1) is 0 Å². The number of halogens is 1. The van der Waals surface area contributed by atoms with Gasteiger partial charge in [0.05, 0.1) is 12.1 Å². The van der Waals surface area contributed by atoms with Crippen molar-refractivity contribution in [2.24, 2.45) is 0 Å². The lowest BCUT2D eigenvalue weighted by Crippen LogP contribution is -2.44. The summed E-state index contributed by atoms with van der Waals surface area (Å²) in [6.07, 6.45) is 0. The van der Waals surface area contributed by atoms with Crippen LogP contribution in [0.25, 0.3) is 10.9 Å². The lowest BCUT2D eigenvalue weighted by Gasteiger charge is -2.34. The molecular formula is C27H27FN4O. The van der Waals surface area contributed by atoms with Crippen molar-refractivity contribution in [3.63, 3.8) is 0 Å². The maximum atomic E-state index is 13.7. The number of anilines is 3. The molecule has 1 saturated heterocycles. The Balaban J connectivity index is 1.39. The normalized spacial score (nSPS) is 14.5. The van der Waals surface area contributed by atoms with Gasteiger partial charge in [0.25, 0.3) is 5.56 Å². The van der Waals surface area contributed by atoms with Gasteiger partial charge in [0.1, 0.15) is 5.82 Å². The van der Waals surface area contributed by atoms with E-state index in [2.05, 4.69) is 46.4 Å². The molecule has 168 valence electrons. The number of nitrogens with one attached hydrogen (secondary N) is 1. The number of hydrogen-bond acceptors (Lipinski definition) is 4. The zero-order valence-electron chi connectivity index (χ0n) is 18.7. The quantitative estimate of drug-likeness (QED) is 0.487. The van der Waals surface area contributed by atoms with Gasteiger partial charge in [0.15, 0.2) is 0 Å². The van der Waals surface area contributed by atoms with Crippen LogP contribution in [0.1, 0.15) is 5.56 Å². The zero-order valence-corrected chi connectivity index (χ0v) is 18.7. The summed E-state index contributed by atoms with van der Waals surface area (Å²) in [7, 11) is 2.16. The van der Waals surface area contributed by atoms with Crippen molar-refractivity contribution in [3.05, 3.63) is 101 Å². The van der Waals surface area contributed by atoms with E-state index in [9.17, 15) is 9.18 Å². The largest absolute Gasteiger partial charge is 0.369 e. The first-order chi connectivity index (χ1) is 16.0. The van der Waals surface area contributed by atoms with E-state index in [0.717, 1.165) is 54.0 Å². The van der Waals surface area contributed by atoms with Gasteiger partial charge < -0.3 is 19.7 Å². The van der Waals surface area contributed by atoms with Crippen molar-refractivity contribution in [2.45, 2.75) is 6.54 Å². The third kappa shape index (κ3) is 4.76. The van der Waals surface area contributed by atoms with Gasteiger partial charge in [0, 0.05) is 49.3 Å². The predicted molar refractivity (Wildman–Crippen MR) is 133 cm³/mol. The molecule has 2 heterocycles. The summed E-state index contributed by atoms with van der Waals surface area (Å²) in [6, 6.07) is 24.2. The fourth-order valence-electron chi connectivity index (χ4n) is 4.33. The van der Waals surface area contributed by atoms with E-state index in [1.165, 1.54) is 17.8 Å². The van der Waals surface area contributed by atoms with Crippen molar-refractivity contribution in [1.82, 2.24) is 9.47 Å². The van der Waals surface area contributed by atoms with Gasteiger partial charge >= 0.3 is 0 Å². The number of likely N-dealkylation sites (N-methyl/N-ethyl adjacent to an activating group) is 1. The molecule has 33 heavy (non-hydrogen) atoms. The third-order valence-electron chi connectivity index (χ3n) is 6.25. The monoisotopic (exact) mass is 442 g/mol. The minimum atomic E-state index is -0.303. The van der Waals surface area contributed by atoms with Crippen LogP contribution < -0.4 is 15.8 Å². The second-order valence-corrected chi connectivity index (χ2v) is 8.62. The highest BCUT2D eigenvalue weighted by Gasteiger charge is 2.14. The average Bonchev–Trinajstić information content (AvgIpc) is 2.82. The number of aromatic nitrogens is 1. The summed E-state index contributed by atoms with van der Waals surface area (Å²) in [5, 5.41) is 4.41. The minimum Gasteiger partial charge on any atom is -0.369 e. The summed E-state index contributed by atoms with van der Waals surface area (Å²) >= 11 is 0. The molecule has 4 aromatic rings. The number of rotatable bonds is 5. The zero-order chi connectivity index (χ0) is 22.8. The number of pyridine rings is 1. The third-order valence-corrected chi connectivity index (χ3v) is 6.25. The molecule has 1 aliphatic heterocycles. The molecule has 0 radical (unpaired) electrons. The van der Waals surface area contributed by atoms with Crippen molar-refractivity contribution in [2.75, 3.05) is 43.4 Å². The van der Waals surface area contributed by atoms with Gasteiger partial charge in [-0.2, -0.15) is 0 Å². The van der Waals surface area contributed by atoms with E-state index in [4.69, 9.17) is 0 Å². The van der Waals surface area contributed by atoms with E-state index >= 15 is 0 Å². The first-order valence-corrected chi connectivity index (χ1v) is 11.2. The number of piperazine rings is 1. The van der Waals surface area contributed by atoms with Crippen LogP contribution in [-0.2, 0) is 6.54 Å². The van der Waals surface area contributed by atoms with E-state index in [1.807, 2.05) is 30.3 Å². The smallest absolute Gasteiger partial charge is 0.251 e. The van der Waals surface area contributed by atoms with Crippen LogP contribution in [0, 0.1) is 5.82 Å². The van der Waals surface area contributed by atoms with Crippen LogP contribution >= 0.6 is 0 Å². The molecule has 0 atom stereocenters. The van der Waals surface area contributed by atoms with Crippen LogP contribution in [0.5, 0.6) is 0 Å². The molecule has 1 aromatic heterocycles. The summed E-state index contributed by atoms with van der Waals surface area (Å²) in [5.74, 6) is -0.303. The molecule has 0 unspecified atom stereocenters. The van der Waals surface area contributed by atoms with E-state index < -0.39 is 0 Å². The van der Waals surface area contributed by atoms with Gasteiger partial charge in [-0.3, -0.25) is 4.79 Å². The molecular weight excluding hydrogens is 415 g/mol. The summed E-state index contributed by atoms with van der Waals surface area (Å²) in [5.41, 5.74) is 4.57. The average molecular weight is 443 g/mol. The van der Waals surface area contributed by atoms with Gasteiger partial charge in [-0.1, -0.05) is 18.2 Å². The molecule has 0 amide bonds. The summed E-state index contributed by atoms with van der Waals surface area (Å²) in [6.45, 7) is 4.55. The summed E-state index contributed by atoms with van der Waals surface area (Å²) < 4.78 is 15.3. The first kappa shape index (κ1) is 21.2. The van der Waals surface area contributed by atoms with Crippen LogP contribution in [0.3, 0.4) is 0 Å². The molecule has 6 heteroatoms. The molecule has 0 spiro atoms. The van der Waals surface area contributed by atoms with Crippen molar-refractivity contribution in [3.8, 4) is 0 Å². The topological polar surface area (TPSA) is 40.5 Å². The van der Waals surface area contributed by atoms with Crippen LogP contribution in [0.4, 0.5) is 21.5 Å². The highest BCUT2D eigenvalue weighted by molar-refractivity contribution is 5.83. The maximum Gasteiger partial charge on any atom is 0.251 e.